The van der Waals surface area contributed by atoms with Crippen LogP contribution < -0.4 is 9.47 Å². The van der Waals surface area contributed by atoms with Gasteiger partial charge in [0.25, 0.3) is 5.91 Å². The minimum Gasteiger partial charge on any atom is -0.482 e. The van der Waals surface area contributed by atoms with Crippen molar-refractivity contribution in [1.29, 1.82) is 0 Å². The molecule has 4 nitrogen and oxygen atoms in total. The summed E-state index contributed by atoms with van der Waals surface area (Å²) in [4.78, 5) is 16.1. The Balaban J connectivity index is 1.54. The van der Waals surface area contributed by atoms with Crippen molar-refractivity contribution in [3.8, 4) is 11.5 Å². The van der Waals surface area contributed by atoms with Gasteiger partial charge in [-0.25, -0.2) is 0 Å². The number of hydrogen-bond donors (Lipinski definition) is 0. The molecule has 0 fully saturated rings. The first-order valence-electron chi connectivity index (χ1n) is 7.49. The van der Waals surface area contributed by atoms with Crippen LogP contribution in [0.4, 0.5) is 0 Å². The predicted octanol–water partition coefficient (Wildman–Crippen LogP) is 2.86. The van der Waals surface area contributed by atoms with E-state index in [9.17, 15) is 4.79 Å². The van der Waals surface area contributed by atoms with Crippen LogP contribution in [-0.4, -0.2) is 29.6 Å². The number of carbonyl (C=O) groups is 1. The summed E-state index contributed by atoms with van der Waals surface area (Å²) in [5.41, 5.74) is 1.26. The lowest BCUT2D eigenvalue weighted by molar-refractivity contribution is -0.145. The second-order valence-corrected chi connectivity index (χ2v) is 6.69. The number of nitrogens with zero attached hydrogens (tertiary/aromatic N) is 1. The van der Waals surface area contributed by atoms with E-state index in [2.05, 4.69) is 11.4 Å². The Morgan fingerprint density at radius 3 is 2.82 bits per heavy atom. The Morgan fingerprint density at radius 1 is 1.23 bits per heavy atom. The first-order chi connectivity index (χ1) is 10.7. The maximum atomic E-state index is 12.8. The largest absolute Gasteiger partial charge is 0.482 e. The molecule has 22 heavy (non-hydrogen) atoms. The van der Waals surface area contributed by atoms with Gasteiger partial charge >= 0.3 is 0 Å². The van der Waals surface area contributed by atoms with E-state index < -0.39 is 6.10 Å². The van der Waals surface area contributed by atoms with E-state index in [4.69, 9.17) is 9.47 Å². The van der Waals surface area contributed by atoms with Gasteiger partial charge in [0, 0.05) is 18.0 Å². The van der Waals surface area contributed by atoms with Crippen LogP contribution in [0.2, 0.25) is 0 Å². The van der Waals surface area contributed by atoms with E-state index in [1.807, 2.05) is 36.1 Å². The van der Waals surface area contributed by atoms with Gasteiger partial charge in [-0.2, -0.15) is 0 Å². The topological polar surface area (TPSA) is 38.8 Å². The van der Waals surface area contributed by atoms with Crippen molar-refractivity contribution in [2.75, 3.05) is 6.54 Å². The molecule has 0 saturated heterocycles. The normalized spacial score (nSPS) is 23.0. The van der Waals surface area contributed by atoms with Crippen LogP contribution >= 0.6 is 11.3 Å². The van der Waals surface area contributed by atoms with Crippen LogP contribution in [-0.2, 0) is 17.8 Å². The molecule has 1 aromatic heterocycles. The molecule has 2 unspecified atom stereocenters. The molecule has 2 atom stereocenters. The summed E-state index contributed by atoms with van der Waals surface area (Å²) < 4.78 is 11.8. The van der Waals surface area contributed by atoms with Gasteiger partial charge in [-0.3, -0.25) is 4.79 Å². The monoisotopic (exact) mass is 315 g/mol. The minimum atomic E-state index is -0.574. The summed E-state index contributed by atoms with van der Waals surface area (Å²) in [6.07, 6.45) is 0.0680. The molecule has 3 heterocycles. The van der Waals surface area contributed by atoms with Crippen LogP contribution in [0.5, 0.6) is 11.5 Å². The van der Waals surface area contributed by atoms with Crippen molar-refractivity contribution in [3.63, 3.8) is 0 Å². The highest BCUT2D eigenvalue weighted by molar-refractivity contribution is 7.10. The van der Waals surface area contributed by atoms with Crippen LogP contribution in [0, 0.1) is 0 Å². The molecule has 0 N–H and O–H groups in total. The van der Waals surface area contributed by atoms with Crippen molar-refractivity contribution in [2.45, 2.75) is 32.1 Å². The molecule has 0 radical (unpaired) electrons. The van der Waals surface area contributed by atoms with E-state index in [1.54, 1.807) is 11.3 Å². The average molecular weight is 315 g/mol. The van der Waals surface area contributed by atoms with Gasteiger partial charge in [-0.15, -0.1) is 11.3 Å². The predicted molar refractivity (Wildman–Crippen MR) is 84.4 cm³/mol. The smallest absolute Gasteiger partial charge is 0.267 e. The Labute approximate surface area is 133 Å². The highest BCUT2D eigenvalue weighted by Gasteiger charge is 2.37. The van der Waals surface area contributed by atoms with E-state index in [1.165, 1.54) is 10.4 Å². The van der Waals surface area contributed by atoms with Crippen LogP contribution in [0.25, 0.3) is 0 Å². The third-order valence-corrected chi connectivity index (χ3v) is 5.23. The quantitative estimate of drug-likeness (QED) is 0.812. The lowest BCUT2D eigenvalue weighted by Gasteiger charge is -2.35. The molecular formula is C17H17NO3S. The molecule has 0 saturated carbocycles. The number of thiophene rings is 1. The molecule has 2 aromatic rings. The summed E-state index contributed by atoms with van der Waals surface area (Å²) in [6, 6.07) is 9.61. The molecule has 1 aromatic carbocycles. The second-order valence-electron chi connectivity index (χ2n) is 5.69. The highest BCUT2D eigenvalue weighted by Crippen LogP contribution is 2.34. The van der Waals surface area contributed by atoms with E-state index in [-0.39, 0.29) is 12.0 Å². The first kappa shape index (κ1) is 13.6. The number of carbonyl (C=O) groups excluding carboxylic acids is 1. The molecule has 2 aliphatic heterocycles. The molecule has 5 heteroatoms. The van der Waals surface area contributed by atoms with Crippen LogP contribution in [0.15, 0.2) is 35.7 Å². The minimum absolute atomic E-state index is 0.0128. The standard InChI is InChI=1S/C17H17NO3S/c1-11-16(21-14-5-3-2-4-13(14)20-11)17(19)18-8-6-15-12(10-18)7-9-22-15/h2-5,7,9,11,16H,6,8,10H2,1H3. The molecule has 2 aliphatic rings. The van der Waals surface area contributed by atoms with Crippen molar-refractivity contribution < 1.29 is 14.3 Å². The fourth-order valence-electron chi connectivity index (χ4n) is 3.01. The maximum absolute atomic E-state index is 12.8. The molecule has 0 aliphatic carbocycles. The molecular weight excluding hydrogens is 298 g/mol. The third-order valence-electron chi connectivity index (χ3n) is 4.21. The van der Waals surface area contributed by atoms with Crippen LogP contribution in [0.1, 0.15) is 17.4 Å². The van der Waals surface area contributed by atoms with Gasteiger partial charge in [0.1, 0.15) is 6.10 Å². The Bertz CT molecular complexity index is 711. The van der Waals surface area contributed by atoms with Crippen molar-refractivity contribution in [3.05, 3.63) is 46.2 Å². The van der Waals surface area contributed by atoms with Gasteiger partial charge in [0.15, 0.2) is 11.5 Å². The van der Waals surface area contributed by atoms with Crippen LogP contribution in [0.3, 0.4) is 0 Å². The number of benzene rings is 1. The lowest BCUT2D eigenvalue weighted by atomic mass is 10.1. The molecule has 114 valence electrons. The number of para-hydroxylation sites is 2. The van der Waals surface area contributed by atoms with Gasteiger partial charge in [0.2, 0.25) is 6.10 Å². The summed E-state index contributed by atoms with van der Waals surface area (Å²) >= 11 is 1.77. The number of rotatable bonds is 1. The lowest BCUT2D eigenvalue weighted by Crippen LogP contribution is -2.51. The van der Waals surface area contributed by atoms with Gasteiger partial charge in [-0.05, 0) is 42.5 Å². The van der Waals surface area contributed by atoms with Crippen molar-refractivity contribution in [2.24, 2.45) is 0 Å². The summed E-state index contributed by atoms with van der Waals surface area (Å²) in [6.45, 7) is 3.31. The van der Waals surface area contributed by atoms with Gasteiger partial charge in [0.05, 0.1) is 0 Å². The van der Waals surface area contributed by atoms with Gasteiger partial charge < -0.3 is 14.4 Å². The average Bonchev–Trinajstić information content (AvgIpc) is 3.01. The van der Waals surface area contributed by atoms with Crippen molar-refractivity contribution in [1.82, 2.24) is 4.90 Å². The molecule has 0 spiro atoms. The second kappa shape index (κ2) is 5.32. The number of hydrogen-bond acceptors (Lipinski definition) is 4. The third kappa shape index (κ3) is 2.25. The van der Waals surface area contributed by atoms with Crippen molar-refractivity contribution >= 4 is 17.2 Å². The Kier molecular flexibility index (Phi) is 3.30. The highest BCUT2D eigenvalue weighted by atomic mass is 32.1. The Hall–Kier alpha value is -2.01. The zero-order valence-electron chi connectivity index (χ0n) is 12.3. The molecule has 0 bridgehead atoms. The SMILES string of the molecule is CC1Oc2ccccc2OC1C(=O)N1CCc2sccc2C1. The summed E-state index contributed by atoms with van der Waals surface area (Å²) in [5, 5.41) is 2.09. The van der Waals surface area contributed by atoms with E-state index in [0.29, 0.717) is 18.0 Å². The summed E-state index contributed by atoms with van der Waals surface area (Å²) in [7, 11) is 0. The van der Waals surface area contributed by atoms with E-state index >= 15 is 0 Å². The maximum Gasteiger partial charge on any atom is 0.267 e. The Morgan fingerprint density at radius 2 is 2.00 bits per heavy atom. The number of ether oxygens (including phenoxy) is 2. The zero-order valence-corrected chi connectivity index (χ0v) is 13.1. The zero-order chi connectivity index (χ0) is 15.1. The molecule has 4 rings (SSSR count). The fraction of sp³-hybridized carbons (Fsp3) is 0.353. The van der Waals surface area contributed by atoms with Gasteiger partial charge in [-0.1, -0.05) is 12.1 Å². The molecule has 1 amide bonds. The fourth-order valence-corrected chi connectivity index (χ4v) is 3.90. The number of fused-ring (bicyclic) bond motifs is 2. The number of amides is 1. The van der Waals surface area contributed by atoms with E-state index in [0.717, 1.165) is 13.0 Å². The first-order valence-corrected chi connectivity index (χ1v) is 8.37. The summed E-state index contributed by atoms with van der Waals surface area (Å²) in [5.74, 6) is 1.36.